The van der Waals surface area contributed by atoms with Crippen LogP contribution in [0.2, 0.25) is 0 Å². The van der Waals surface area contributed by atoms with E-state index in [2.05, 4.69) is 53.1 Å². The Morgan fingerprint density at radius 2 is 2.10 bits per heavy atom. The molecule has 0 atom stereocenters. The lowest BCUT2D eigenvalue weighted by Gasteiger charge is -2.19. The summed E-state index contributed by atoms with van der Waals surface area (Å²) in [4.78, 5) is 4.51. The molecular weight excluding hydrogens is 246 g/mol. The van der Waals surface area contributed by atoms with E-state index in [0.717, 1.165) is 25.3 Å². The van der Waals surface area contributed by atoms with Crippen LogP contribution in [0.4, 0.5) is 0 Å². The predicted molar refractivity (Wildman–Crippen MR) is 82.0 cm³/mol. The van der Waals surface area contributed by atoms with Crippen LogP contribution in [0.3, 0.4) is 0 Å². The molecular formula is C17H19N3. The van der Waals surface area contributed by atoms with E-state index in [-0.39, 0.29) is 0 Å². The van der Waals surface area contributed by atoms with E-state index < -0.39 is 0 Å². The lowest BCUT2D eigenvalue weighted by molar-refractivity contribution is 0.652. The van der Waals surface area contributed by atoms with E-state index in [1.807, 2.05) is 6.20 Å². The molecule has 0 fully saturated rings. The third-order valence-electron chi connectivity index (χ3n) is 4.52. The Bertz CT molecular complexity index is 820. The quantitative estimate of drug-likeness (QED) is 0.658. The first-order valence-corrected chi connectivity index (χ1v) is 7.35. The van der Waals surface area contributed by atoms with Gasteiger partial charge in [0.2, 0.25) is 0 Å². The fourth-order valence-corrected chi connectivity index (χ4v) is 3.58. The lowest BCUT2D eigenvalue weighted by atomic mass is 10.0. The Kier molecular flexibility index (Phi) is 2.34. The van der Waals surface area contributed by atoms with Gasteiger partial charge in [0, 0.05) is 24.0 Å². The molecule has 0 radical (unpaired) electrons. The maximum atomic E-state index is 4.51. The number of rotatable bonds is 1. The van der Waals surface area contributed by atoms with Gasteiger partial charge in [0.1, 0.15) is 5.82 Å². The number of imidazole rings is 1. The van der Waals surface area contributed by atoms with Crippen molar-refractivity contribution in [2.24, 2.45) is 0 Å². The third-order valence-corrected chi connectivity index (χ3v) is 4.52. The van der Waals surface area contributed by atoms with Crippen LogP contribution in [-0.2, 0) is 19.5 Å². The normalized spacial score (nSPS) is 13.6. The second-order valence-electron chi connectivity index (χ2n) is 5.68. The molecule has 2 aromatic heterocycles. The topological polar surface area (TPSA) is 22.8 Å². The zero-order chi connectivity index (χ0) is 13.9. The molecule has 0 spiro atoms. The molecule has 0 amide bonds. The highest BCUT2D eigenvalue weighted by atomic mass is 15.1. The van der Waals surface area contributed by atoms with Gasteiger partial charge in [0.25, 0.3) is 0 Å². The van der Waals surface area contributed by atoms with Gasteiger partial charge in [0.15, 0.2) is 0 Å². The van der Waals surface area contributed by atoms with Crippen LogP contribution >= 0.6 is 0 Å². The molecule has 3 heteroatoms. The minimum absolute atomic E-state index is 0.999. The van der Waals surface area contributed by atoms with E-state index in [0.29, 0.717) is 0 Å². The molecule has 3 heterocycles. The average Bonchev–Trinajstić information content (AvgIpc) is 2.97. The molecule has 0 bridgehead atoms. The first-order valence-electron chi connectivity index (χ1n) is 7.35. The van der Waals surface area contributed by atoms with Crippen LogP contribution in [0.15, 0.2) is 24.4 Å². The summed E-state index contributed by atoms with van der Waals surface area (Å²) in [5, 5.41) is 1.42. The molecule has 20 heavy (non-hydrogen) atoms. The molecule has 0 N–H and O–H groups in total. The molecule has 0 saturated heterocycles. The molecule has 0 saturated carbocycles. The smallest absolute Gasteiger partial charge is 0.106 e. The molecule has 0 aliphatic carbocycles. The lowest BCUT2D eigenvalue weighted by Crippen LogP contribution is -2.13. The third kappa shape index (κ3) is 1.38. The van der Waals surface area contributed by atoms with Gasteiger partial charge in [-0.1, -0.05) is 11.6 Å². The van der Waals surface area contributed by atoms with Crippen LogP contribution in [0.5, 0.6) is 0 Å². The fourth-order valence-electron chi connectivity index (χ4n) is 3.58. The molecule has 3 nitrogen and oxygen atoms in total. The Balaban J connectivity index is 2.14. The molecule has 1 aliphatic rings. The van der Waals surface area contributed by atoms with Crippen LogP contribution in [-0.4, -0.2) is 14.1 Å². The number of fused-ring (bicyclic) bond motifs is 5. The summed E-state index contributed by atoms with van der Waals surface area (Å²) in [6.45, 7) is 8.54. The number of aryl methyl sites for hydroxylation is 4. The van der Waals surface area contributed by atoms with Gasteiger partial charge in [-0.05, 0) is 44.9 Å². The Hall–Kier alpha value is -2.03. The highest BCUT2D eigenvalue weighted by Gasteiger charge is 2.25. The highest BCUT2D eigenvalue weighted by Crippen LogP contribution is 2.38. The zero-order valence-corrected chi connectivity index (χ0v) is 12.3. The van der Waals surface area contributed by atoms with Gasteiger partial charge in [-0.3, -0.25) is 0 Å². The van der Waals surface area contributed by atoms with Gasteiger partial charge < -0.3 is 9.13 Å². The number of hydrogen-bond donors (Lipinski definition) is 0. The van der Waals surface area contributed by atoms with E-state index >= 15 is 0 Å². The number of aromatic nitrogens is 3. The summed E-state index contributed by atoms with van der Waals surface area (Å²) in [7, 11) is 0. The second-order valence-corrected chi connectivity index (χ2v) is 5.68. The molecule has 0 unspecified atom stereocenters. The van der Waals surface area contributed by atoms with Gasteiger partial charge in [-0.15, -0.1) is 0 Å². The number of hydrogen-bond acceptors (Lipinski definition) is 1. The molecule has 102 valence electrons. The largest absolute Gasteiger partial charge is 0.339 e. The predicted octanol–water partition coefficient (Wildman–Crippen LogP) is 3.70. The minimum atomic E-state index is 0.999. The summed E-state index contributed by atoms with van der Waals surface area (Å²) in [6, 6.07) is 6.81. The van der Waals surface area contributed by atoms with Gasteiger partial charge in [0.05, 0.1) is 17.6 Å². The van der Waals surface area contributed by atoms with Crippen molar-refractivity contribution in [2.75, 3.05) is 0 Å². The van der Waals surface area contributed by atoms with E-state index in [9.17, 15) is 0 Å². The summed E-state index contributed by atoms with van der Waals surface area (Å²) in [5.41, 5.74) is 6.84. The van der Waals surface area contributed by atoms with Crippen LogP contribution in [0, 0.1) is 13.8 Å². The number of benzene rings is 1. The standard InChI is InChI=1S/C17H19N3/c1-4-19-15-6-5-11(2)9-14(15)13-7-8-20-12(3)18-10-16(20)17(13)19/h5-6,9-10H,4,7-8H2,1-3H3. The van der Waals surface area contributed by atoms with E-state index in [4.69, 9.17) is 0 Å². The van der Waals surface area contributed by atoms with Gasteiger partial charge >= 0.3 is 0 Å². The Morgan fingerprint density at radius 3 is 2.90 bits per heavy atom. The fraction of sp³-hybridized carbons (Fsp3) is 0.353. The van der Waals surface area contributed by atoms with Crippen molar-refractivity contribution in [2.45, 2.75) is 40.3 Å². The summed E-state index contributed by atoms with van der Waals surface area (Å²) in [5.74, 6) is 1.12. The van der Waals surface area contributed by atoms with E-state index in [1.54, 1.807) is 0 Å². The Morgan fingerprint density at radius 1 is 1.25 bits per heavy atom. The molecule has 3 aromatic rings. The van der Waals surface area contributed by atoms with Crippen LogP contribution in [0.1, 0.15) is 23.9 Å². The van der Waals surface area contributed by atoms with Crippen molar-refractivity contribution in [3.05, 3.63) is 41.3 Å². The minimum Gasteiger partial charge on any atom is -0.339 e. The summed E-state index contributed by atoms with van der Waals surface area (Å²) < 4.78 is 4.79. The van der Waals surface area contributed by atoms with Crippen LogP contribution < -0.4 is 0 Å². The molecule has 1 aromatic carbocycles. The summed E-state index contributed by atoms with van der Waals surface area (Å²) in [6.07, 6.45) is 3.14. The van der Waals surface area contributed by atoms with Crippen molar-refractivity contribution >= 4 is 10.9 Å². The monoisotopic (exact) mass is 265 g/mol. The van der Waals surface area contributed by atoms with Crippen molar-refractivity contribution in [3.8, 4) is 11.4 Å². The number of nitrogens with zero attached hydrogens (tertiary/aromatic N) is 3. The molecule has 1 aliphatic heterocycles. The van der Waals surface area contributed by atoms with Crippen molar-refractivity contribution in [1.29, 1.82) is 0 Å². The van der Waals surface area contributed by atoms with Crippen LogP contribution in [0.25, 0.3) is 22.3 Å². The van der Waals surface area contributed by atoms with Crippen molar-refractivity contribution < 1.29 is 0 Å². The van der Waals surface area contributed by atoms with Gasteiger partial charge in [-0.25, -0.2) is 4.98 Å². The van der Waals surface area contributed by atoms with E-state index in [1.165, 1.54) is 33.4 Å². The first kappa shape index (κ1) is 11.8. The maximum absolute atomic E-state index is 4.51. The highest BCUT2D eigenvalue weighted by molar-refractivity contribution is 5.92. The second kappa shape index (κ2) is 3.98. The summed E-state index contributed by atoms with van der Waals surface area (Å²) >= 11 is 0. The maximum Gasteiger partial charge on any atom is 0.106 e. The average molecular weight is 265 g/mol. The zero-order valence-electron chi connectivity index (χ0n) is 12.3. The Labute approximate surface area is 118 Å². The molecule has 4 rings (SSSR count). The first-order chi connectivity index (χ1) is 9.70. The van der Waals surface area contributed by atoms with Crippen molar-refractivity contribution in [1.82, 2.24) is 14.1 Å². The van der Waals surface area contributed by atoms with Crippen molar-refractivity contribution in [3.63, 3.8) is 0 Å². The SMILES string of the molecule is CCn1c2c(c3cc(C)ccc31)CCn1c-2cnc1C. The van der Waals surface area contributed by atoms with Gasteiger partial charge in [-0.2, -0.15) is 0 Å².